The summed E-state index contributed by atoms with van der Waals surface area (Å²) in [6, 6.07) is 8.75. The van der Waals surface area contributed by atoms with Crippen molar-refractivity contribution in [1.82, 2.24) is 9.97 Å². The molecule has 0 aliphatic heterocycles. The number of fused-ring (bicyclic) bond motifs is 3. The molecule has 0 unspecified atom stereocenters. The van der Waals surface area contributed by atoms with Crippen LogP contribution in [0.15, 0.2) is 24.3 Å². The number of H-pyrrole nitrogens is 1. The minimum atomic E-state index is 0.0353. The van der Waals surface area contributed by atoms with Gasteiger partial charge in [-0.1, -0.05) is 52.0 Å². The van der Waals surface area contributed by atoms with Gasteiger partial charge in [-0.05, 0) is 36.7 Å². The van der Waals surface area contributed by atoms with Gasteiger partial charge >= 0.3 is 0 Å². The Kier molecular flexibility index (Phi) is 3.86. The van der Waals surface area contributed by atoms with Crippen molar-refractivity contribution in [2.45, 2.75) is 64.7 Å². The Bertz CT molecular complexity index is 802. The lowest BCUT2D eigenvalue weighted by Gasteiger charge is -2.46. The Morgan fingerprint density at radius 3 is 2.60 bits per heavy atom. The van der Waals surface area contributed by atoms with Crippen molar-refractivity contribution in [2.24, 2.45) is 11.8 Å². The third kappa shape index (κ3) is 2.56. The monoisotopic (exact) mass is 336 g/mol. The molecule has 0 spiro atoms. The molecular formula is C22H28N2O. The molecule has 1 aromatic carbocycles. The molecule has 0 radical (unpaired) electrons. The highest BCUT2D eigenvalue weighted by atomic mass is 16.1. The van der Waals surface area contributed by atoms with Crippen LogP contribution < -0.4 is 0 Å². The van der Waals surface area contributed by atoms with Crippen molar-refractivity contribution in [3.8, 4) is 11.4 Å². The molecule has 3 atom stereocenters. The van der Waals surface area contributed by atoms with Crippen LogP contribution in [0.3, 0.4) is 0 Å². The molecule has 3 nitrogen and oxygen atoms in total. The van der Waals surface area contributed by atoms with Gasteiger partial charge in [0.05, 0.1) is 5.69 Å². The molecule has 1 N–H and O–H groups in total. The first-order chi connectivity index (χ1) is 11.9. The van der Waals surface area contributed by atoms with Gasteiger partial charge in [-0.25, -0.2) is 4.98 Å². The van der Waals surface area contributed by atoms with Crippen LogP contribution in [0, 0.1) is 11.8 Å². The number of ketones is 1. The van der Waals surface area contributed by atoms with Gasteiger partial charge in [-0.3, -0.25) is 4.79 Å². The maximum Gasteiger partial charge on any atom is 0.137 e. The molecule has 0 bridgehead atoms. The van der Waals surface area contributed by atoms with Crippen LogP contribution in [0.2, 0.25) is 0 Å². The number of nitrogens with zero attached hydrogens (tertiary/aromatic N) is 1. The van der Waals surface area contributed by atoms with E-state index in [4.69, 9.17) is 4.98 Å². The van der Waals surface area contributed by atoms with E-state index >= 15 is 0 Å². The quantitative estimate of drug-likeness (QED) is 0.837. The molecule has 1 fully saturated rings. The van der Waals surface area contributed by atoms with E-state index in [9.17, 15) is 4.79 Å². The molecule has 1 heterocycles. The van der Waals surface area contributed by atoms with Gasteiger partial charge in [0.1, 0.15) is 11.6 Å². The van der Waals surface area contributed by atoms with Crippen molar-refractivity contribution in [3.05, 3.63) is 41.2 Å². The fourth-order valence-corrected chi connectivity index (χ4v) is 4.96. The number of benzene rings is 1. The molecule has 1 saturated carbocycles. The summed E-state index contributed by atoms with van der Waals surface area (Å²) >= 11 is 0. The summed E-state index contributed by atoms with van der Waals surface area (Å²) in [4.78, 5) is 20.8. The van der Waals surface area contributed by atoms with Gasteiger partial charge in [0.2, 0.25) is 0 Å². The first-order valence-electron chi connectivity index (χ1n) is 9.62. The normalized spacial score (nSPS) is 28.8. The lowest BCUT2D eigenvalue weighted by atomic mass is 9.57. The maximum absolute atomic E-state index is 12.2. The Morgan fingerprint density at radius 1 is 1.20 bits per heavy atom. The van der Waals surface area contributed by atoms with Crippen molar-refractivity contribution in [1.29, 1.82) is 0 Å². The van der Waals surface area contributed by atoms with E-state index in [1.165, 1.54) is 17.0 Å². The third-order valence-electron chi connectivity index (χ3n) is 6.70. The van der Waals surface area contributed by atoms with Crippen LogP contribution >= 0.6 is 0 Å². The van der Waals surface area contributed by atoms with Crippen LogP contribution in [0.1, 0.15) is 69.8 Å². The Morgan fingerprint density at radius 2 is 1.92 bits per heavy atom. The molecule has 1 aromatic heterocycles. The number of aromatic nitrogens is 2. The van der Waals surface area contributed by atoms with Crippen molar-refractivity contribution < 1.29 is 4.79 Å². The van der Waals surface area contributed by atoms with Gasteiger partial charge in [0.15, 0.2) is 0 Å². The summed E-state index contributed by atoms with van der Waals surface area (Å²) in [7, 11) is 0. The fourth-order valence-electron chi connectivity index (χ4n) is 4.96. The van der Waals surface area contributed by atoms with Gasteiger partial charge in [-0.15, -0.1) is 0 Å². The van der Waals surface area contributed by atoms with E-state index in [-0.39, 0.29) is 11.3 Å². The number of aryl methyl sites for hydroxylation is 1. The van der Waals surface area contributed by atoms with Gasteiger partial charge in [-0.2, -0.15) is 0 Å². The summed E-state index contributed by atoms with van der Waals surface area (Å²) in [5.41, 5.74) is 5.04. The van der Waals surface area contributed by atoms with E-state index in [1.807, 2.05) is 0 Å². The summed E-state index contributed by atoms with van der Waals surface area (Å²) in [5.74, 6) is 2.55. The average molecular weight is 336 g/mol. The van der Waals surface area contributed by atoms with Gasteiger partial charge < -0.3 is 4.98 Å². The van der Waals surface area contributed by atoms with Crippen LogP contribution in [0.25, 0.3) is 11.4 Å². The van der Waals surface area contributed by atoms with E-state index in [0.29, 0.717) is 24.0 Å². The molecule has 2 aliphatic rings. The van der Waals surface area contributed by atoms with E-state index < -0.39 is 0 Å². The number of carbonyl (C=O) groups is 1. The van der Waals surface area contributed by atoms with Crippen molar-refractivity contribution in [2.75, 3.05) is 0 Å². The summed E-state index contributed by atoms with van der Waals surface area (Å²) in [6.07, 6.45) is 3.72. The maximum atomic E-state index is 12.2. The number of nitrogens with one attached hydrogen (secondary N) is 1. The molecule has 2 aromatic rings. The number of rotatable bonds is 2. The zero-order chi connectivity index (χ0) is 17.8. The fraction of sp³-hybridized carbons (Fsp3) is 0.545. The zero-order valence-electron chi connectivity index (χ0n) is 15.7. The van der Waals surface area contributed by atoms with Gasteiger partial charge in [0, 0.05) is 29.0 Å². The molecule has 3 heteroatoms. The second-order valence-corrected chi connectivity index (χ2v) is 8.51. The predicted molar refractivity (Wildman–Crippen MR) is 101 cm³/mol. The second kappa shape index (κ2) is 5.82. The molecule has 0 amide bonds. The molecule has 4 rings (SSSR count). The smallest absolute Gasteiger partial charge is 0.137 e. The minimum Gasteiger partial charge on any atom is -0.342 e. The van der Waals surface area contributed by atoms with Crippen LogP contribution in [-0.2, 0) is 16.6 Å². The Balaban J connectivity index is 1.71. The summed E-state index contributed by atoms with van der Waals surface area (Å²) < 4.78 is 0. The molecular weight excluding hydrogens is 308 g/mol. The largest absolute Gasteiger partial charge is 0.342 e. The van der Waals surface area contributed by atoms with Crippen LogP contribution in [0.4, 0.5) is 0 Å². The average Bonchev–Trinajstić information content (AvgIpc) is 3.04. The number of Topliss-reactive ketones (excluding diaryl/α,β-unsaturated/α-hetero) is 1. The lowest BCUT2D eigenvalue weighted by Crippen LogP contribution is -2.46. The minimum absolute atomic E-state index is 0.0353. The van der Waals surface area contributed by atoms with E-state index in [2.05, 4.69) is 56.9 Å². The lowest BCUT2D eigenvalue weighted by molar-refractivity contribution is -0.128. The SMILES string of the molecule is CC(C)c1ccc(-c2nc3c([nH]2)CC[C@@H]2[C@@H](C)C(=O)CC[C@@]32C)cc1. The molecule has 0 saturated heterocycles. The number of imidazole rings is 1. The van der Waals surface area contributed by atoms with Crippen molar-refractivity contribution >= 4 is 5.78 Å². The predicted octanol–water partition coefficient (Wildman–Crippen LogP) is 5.02. The highest BCUT2D eigenvalue weighted by molar-refractivity contribution is 5.82. The molecule has 2 aliphatic carbocycles. The van der Waals surface area contributed by atoms with E-state index in [1.54, 1.807) is 0 Å². The van der Waals surface area contributed by atoms with Crippen LogP contribution in [0.5, 0.6) is 0 Å². The molecule has 25 heavy (non-hydrogen) atoms. The zero-order valence-corrected chi connectivity index (χ0v) is 15.7. The van der Waals surface area contributed by atoms with Gasteiger partial charge in [0.25, 0.3) is 0 Å². The highest BCUT2D eigenvalue weighted by Crippen LogP contribution is 2.50. The van der Waals surface area contributed by atoms with E-state index in [0.717, 1.165) is 30.7 Å². The summed E-state index contributed by atoms with van der Waals surface area (Å²) in [6.45, 7) is 8.87. The number of hydrogen-bond acceptors (Lipinski definition) is 2. The first kappa shape index (κ1) is 16.6. The number of carbonyl (C=O) groups excluding carboxylic acids is 1. The highest BCUT2D eigenvalue weighted by Gasteiger charge is 2.49. The first-order valence-corrected chi connectivity index (χ1v) is 9.62. The molecule has 132 valence electrons. The van der Waals surface area contributed by atoms with Crippen molar-refractivity contribution in [3.63, 3.8) is 0 Å². The number of aromatic amines is 1. The second-order valence-electron chi connectivity index (χ2n) is 8.51. The summed E-state index contributed by atoms with van der Waals surface area (Å²) in [5, 5.41) is 0. The Labute approximate surface area is 150 Å². The van der Waals surface area contributed by atoms with Crippen LogP contribution in [-0.4, -0.2) is 15.8 Å². The Hall–Kier alpha value is -1.90. The topological polar surface area (TPSA) is 45.8 Å². The third-order valence-corrected chi connectivity index (χ3v) is 6.70. The number of hydrogen-bond donors (Lipinski definition) is 1. The standard InChI is InChI=1S/C22H28N2O/c1-13(2)15-5-7-16(8-6-15)21-23-18-10-9-17-14(3)19(25)11-12-22(17,4)20(18)24-21/h5-8,13-14,17H,9-12H2,1-4H3,(H,23,24)/t14-,17-,22-/m1/s1.